The van der Waals surface area contributed by atoms with Crippen LogP contribution in [0.25, 0.3) is 0 Å². The Morgan fingerprint density at radius 2 is 1.77 bits per heavy atom. The van der Waals surface area contributed by atoms with Crippen LogP contribution in [0.5, 0.6) is 0 Å². The summed E-state index contributed by atoms with van der Waals surface area (Å²) in [4.78, 5) is 0. The topological polar surface area (TPSA) is 185 Å². The van der Waals surface area contributed by atoms with E-state index in [9.17, 15) is 34.0 Å². The summed E-state index contributed by atoms with van der Waals surface area (Å²) in [6, 6.07) is 0. The molecule has 0 saturated carbocycles. The molecular weight excluding hydrogens is 344 g/mol. The van der Waals surface area contributed by atoms with Crippen molar-refractivity contribution in [3.05, 3.63) is 0 Å². The second-order valence-corrected chi connectivity index (χ2v) is 8.35. The van der Waals surface area contributed by atoms with Gasteiger partial charge in [0.05, 0.1) is 13.2 Å². The molecular formula is C10H21O10S2+. The van der Waals surface area contributed by atoms with E-state index in [2.05, 4.69) is 4.18 Å². The quantitative estimate of drug-likeness (QED) is 0.164. The van der Waals surface area contributed by atoms with Crippen LogP contribution in [0.3, 0.4) is 0 Å². The van der Waals surface area contributed by atoms with E-state index in [0.29, 0.717) is 0 Å². The van der Waals surface area contributed by atoms with Gasteiger partial charge in [-0.05, 0) is 0 Å². The van der Waals surface area contributed by atoms with Crippen molar-refractivity contribution < 1.29 is 47.8 Å². The first-order chi connectivity index (χ1) is 10.1. The number of aliphatic hydroxyl groups excluding tert-OH is 6. The smallest absolute Gasteiger partial charge is 0.394 e. The SMILES string of the molecule is O=S(=O)(O)O[C@@H]([C@H](O)CO)[C@H](O)C[S+]1C[C@@H](O)[C@H](O)[C@H]1CO. The third kappa shape index (κ3) is 5.26. The zero-order valence-corrected chi connectivity index (χ0v) is 13.1. The Bertz CT molecular complexity index is 443. The number of hydrogen-bond donors (Lipinski definition) is 7. The Hall–Kier alpha value is -0.0200. The third-order valence-corrected chi connectivity index (χ3v) is 6.62. The van der Waals surface area contributed by atoms with Crippen LogP contribution >= 0.6 is 0 Å². The molecule has 0 aromatic heterocycles. The normalized spacial score (nSPS) is 33.6. The lowest BCUT2D eigenvalue weighted by atomic mass is 10.1. The maximum Gasteiger partial charge on any atom is 0.397 e. The Kier molecular flexibility index (Phi) is 7.45. The number of rotatable bonds is 8. The van der Waals surface area contributed by atoms with Gasteiger partial charge in [0.2, 0.25) is 0 Å². The number of aliphatic hydroxyl groups is 6. The van der Waals surface area contributed by atoms with Crippen molar-refractivity contribution in [2.75, 3.05) is 24.7 Å². The molecule has 132 valence electrons. The van der Waals surface area contributed by atoms with Crippen LogP contribution in [0.1, 0.15) is 0 Å². The number of hydrogen-bond acceptors (Lipinski definition) is 9. The summed E-state index contributed by atoms with van der Waals surface area (Å²) < 4.78 is 34.3. The van der Waals surface area contributed by atoms with Crippen molar-refractivity contribution in [3.63, 3.8) is 0 Å². The summed E-state index contributed by atoms with van der Waals surface area (Å²) in [6.45, 7) is -1.36. The average molecular weight is 365 g/mol. The highest BCUT2D eigenvalue weighted by molar-refractivity contribution is 7.97. The van der Waals surface area contributed by atoms with Gasteiger partial charge in [0.1, 0.15) is 42.0 Å². The molecule has 1 heterocycles. The first-order valence-corrected chi connectivity index (χ1v) is 9.35. The van der Waals surface area contributed by atoms with Crippen LogP contribution in [0.15, 0.2) is 0 Å². The Labute approximate surface area is 130 Å². The van der Waals surface area contributed by atoms with Crippen LogP contribution in [0.2, 0.25) is 0 Å². The van der Waals surface area contributed by atoms with Crippen molar-refractivity contribution in [3.8, 4) is 0 Å². The average Bonchev–Trinajstić information content (AvgIpc) is 2.68. The maximum atomic E-state index is 10.7. The van der Waals surface area contributed by atoms with Gasteiger partial charge < -0.3 is 30.6 Å². The van der Waals surface area contributed by atoms with Gasteiger partial charge in [0.25, 0.3) is 0 Å². The monoisotopic (exact) mass is 365 g/mol. The van der Waals surface area contributed by atoms with Crippen molar-refractivity contribution >= 4 is 21.3 Å². The first-order valence-electron chi connectivity index (χ1n) is 6.36. The fraction of sp³-hybridized carbons (Fsp3) is 1.00. The van der Waals surface area contributed by atoms with Gasteiger partial charge in [-0.2, -0.15) is 8.42 Å². The molecule has 7 atom stereocenters. The highest BCUT2D eigenvalue weighted by Gasteiger charge is 2.51. The van der Waals surface area contributed by atoms with Gasteiger partial charge >= 0.3 is 10.4 Å². The molecule has 0 spiro atoms. The van der Waals surface area contributed by atoms with E-state index in [1.54, 1.807) is 0 Å². The van der Waals surface area contributed by atoms with Crippen LogP contribution in [0, 0.1) is 0 Å². The van der Waals surface area contributed by atoms with Gasteiger partial charge in [0, 0.05) is 10.9 Å². The lowest BCUT2D eigenvalue weighted by molar-refractivity contribution is -0.0563. The highest BCUT2D eigenvalue weighted by Crippen LogP contribution is 2.25. The van der Waals surface area contributed by atoms with Crippen molar-refractivity contribution in [2.45, 2.75) is 35.8 Å². The summed E-state index contributed by atoms with van der Waals surface area (Å²) in [5.41, 5.74) is 0. The molecule has 0 aliphatic carbocycles. The van der Waals surface area contributed by atoms with E-state index in [1.165, 1.54) is 0 Å². The van der Waals surface area contributed by atoms with E-state index >= 15 is 0 Å². The van der Waals surface area contributed by atoms with Gasteiger partial charge in [-0.25, -0.2) is 4.18 Å². The molecule has 1 aliphatic heterocycles. The van der Waals surface area contributed by atoms with Crippen LogP contribution in [-0.2, 0) is 25.5 Å². The van der Waals surface area contributed by atoms with Crippen LogP contribution < -0.4 is 0 Å². The zero-order valence-electron chi connectivity index (χ0n) is 11.5. The van der Waals surface area contributed by atoms with Gasteiger partial charge in [0.15, 0.2) is 5.25 Å². The Morgan fingerprint density at radius 1 is 1.18 bits per heavy atom. The fourth-order valence-corrected chi connectivity index (χ4v) is 5.45. The highest BCUT2D eigenvalue weighted by atomic mass is 32.3. The summed E-state index contributed by atoms with van der Waals surface area (Å²) in [5.74, 6) is -0.117. The third-order valence-electron chi connectivity index (χ3n) is 3.33. The molecule has 0 aromatic rings. The molecule has 0 amide bonds. The minimum Gasteiger partial charge on any atom is -0.394 e. The summed E-state index contributed by atoms with van der Waals surface area (Å²) >= 11 is 0. The maximum absolute atomic E-state index is 10.7. The van der Waals surface area contributed by atoms with Crippen LogP contribution in [0.4, 0.5) is 0 Å². The standard InChI is InChI=1S/C10H20O10S2/c11-1-5(13)10(20-22(17,18)19)7(15)4-21-3-6(14)9(16)8(21)2-12/h5-16H,1-4H2/p+1/t5-,6-,7-,8-,9+,10+,21?/m1/s1. The largest absolute Gasteiger partial charge is 0.397 e. The summed E-state index contributed by atoms with van der Waals surface area (Å²) in [7, 11) is -5.85. The minimum absolute atomic E-state index is 0.0806. The van der Waals surface area contributed by atoms with E-state index in [4.69, 9.17) is 9.66 Å². The zero-order chi connectivity index (χ0) is 17.1. The Morgan fingerprint density at radius 3 is 2.23 bits per heavy atom. The van der Waals surface area contributed by atoms with Gasteiger partial charge in [-0.3, -0.25) is 4.55 Å². The molecule has 10 nitrogen and oxygen atoms in total. The molecule has 0 aromatic carbocycles. The van der Waals surface area contributed by atoms with Crippen molar-refractivity contribution in [1.82, 2.24) is 0 Å². The molecule has 1 unspecified atom stereocenters. The van der Waals surface area contributed by atoms with E-state index in [-0.39, 0.29) is 11.5 Å². The molecule has 22 heavy (non-hydrogen) atoms. The molecule has 0 bridgehead atoms. The van der Waals surface area contributed by atoms with Crippen molar-refractivity contribution in [1.29, 1.82) is 0 Å². The van der Waals surface area contributed by atoms with Crippen molar-refractivity contribution in [2.24, 2.45) is 0 Å². The van der Waals surface area contributed by atoms with Gasteiger partial charge in [-0.1, -0.05) is 0 Å². The molecule has 1 rings (SSSR count). The first kappa shape index (κ1) is 20.0. The summed E-state index contributed by atoms with van der Waals surface area (Å²) in [5, 5.41) is 56.1. The van der Waals surface area contributed by atoms with E-state index < -0.39 is 70.3 Å². The molecule has 1 saturated heterocycles. The Balaban J connectivity index is 2.80. The minimum atomic E-state index is -4.97. The van der Waals surface area contributed by atoms with Crippen LogP contribution in [-0.4, -0.2) is 104 Å². The molecule has 1 aliphatic rings. The predicted octanol–water partition coefficient (Wildman–Crippen LogP) is -4.40. The lowest BCUT2D eigenvalue weighted by Gasteiger charge is -2.24. The second kappa shape index (κ2) is 8.19. The molecule has 1 fully saturated rings. The summed E-state index contributed by atoms with van der Waals surface area (Å²) in [6.07, 6.45) is -7.47. The van der Waals surface area contributed by atoms with E-state index in [0.717, 1.165) is 0 Å². The predicted molar refractivity (Wildman–Crippen MR) is 75.5 cm³/mol. The molecule has 12 heteroatoms. The molecule has 0 radical (unpaired) electrons. The van der Waals surface area contributed by atoms with Gasteiger partial charge in [-0.15, -0.1) is 0 Å². The second-order valence-electron chi connectivity index (χ2n) is 4.96. The molecule has 7 N–H and O–H groups in total. The fourth-order valence-electron chi connectivity index (χ4n) is 2.23. The lowest BCUT2D eigenvalue weighted by Crippen LogP contribution is -2.47. The van der Waals surface area contributed by atoms with E-state index in [1.807, 2.05) is 0 Å².